The number of aliphatic hydroxyl groups is 5. The number of benzene rings is 1. The smallest absolute Gasteiger partial charge is 0.338 e. The summed E-state index contributed by atoms with van der Waals surface area (Å²) < 4.78 is 35.5. The number of ether oxygens (including phenoxy) is 6. The molecule has 59 heavy (non-hydrogen) atoms. The monoisotopic (exact) mass is 830 g/mol. The minimum Gasteiger partial charge on any atom is -0.460 e. The molecule has 2 aliphatic heterocycles. The van der Waals surface area contributed by atoms with Crippen molar-refractivity contribution in [1.29, 1.82) is 0 Å². The Morgan fingerprint density at radius 3 is 2.27 bits per heavy atom. The molecule has 3 aliphatic carbocycles. The Bertz CT molecular complexity index is 1690. The van der Waals surface area contributed by atoms with Gasteiger partial charge in [-0.05, 0) is 76.6 Å². The summed E-state index contributed by atoms with van der Waals surface area (Å²) in [7, 11) is 0. The standard InChI is InChI=1S/C42H58N2O15/c1-41(2,3)58-33(48)15-14-28(21-45)44-32(47)16-17-43-38(52)25-19-29(37-30(20-25)57-42(59-37,26-10-11-26)27-12-13-27)55-39(53)24-8-6-23(7-9-24)5-4-18-54-40-36(51)35(50)34(49)31(22-46)56-40/h4-9,20,26-31,34-37,40,45-46,49-51H,10-19,21-22H2,1-3H3,(H,43,52)(H,44,47)/t28-,29+,30+,31+,34-,35-,36+,37-,40-/m0/s1. The molecule has 0 unspecified atom stereocenters. The summed E-state index contributed by atoms with van der Waals surface area (Å²) in [6, 6.07) is 5.93. The minimum atomic E-state index is -1.55. The number of nitrogens with one attached hydrogen (secondary N) is 2. The molecule has 1 aromatic carbocycles. The van der Waals surface area contributed by atoms with Crippen LogP contribution in [0.4, 0.5) is 0 Å². The van der Waals surface area contributed by atoms with Crippen LogP contribution in [0.15, 0.2) is 42.0 Å². The van der Waals surface area contributed by atoms with E-state index >= 15 is 0 Å². The Morgan fingerprint density at radius 1 is 0.949 bits per heavy atom. The van der Waals surface area contributed by atoms with Crippen LogP contribution in [0.1, 0.15) is 88.1 Å². The molecule has 1 aromatic rings. The zero-order valence-electron chi connectivity index (χ0n) is 33.7. The molecule has 0 aromatic heterocycles. The van der Waals surface area contributed by atoms with Gasteiger partial charge in [0.15, 0.2) is 12.1 Å². The first kappa shape index (κ1) is 44.8. The van der Waals surface area contributed by atoms with Crippen LogP contribution < -0.4 is 10.6 Å². The van der Waals surface area contributed by atoms with E-state index in [1.54, 1.807) is 63.3 Å². The van der Waals surface area contributed by atoms with Crippen molar-refractivity contribution >= 4 is 29.8 Å². The van der Waals surface area contributed by atoms with Crippen LogP contribution in [0.5, 0.6) is 0 Å². The van der Waals surface area contributed by atoms with E-state index in [2.05, 4.69) is 10.6 Å². The molecule has 2 saturated heterocycles. The first-order valence-electron chi connectivity index (χ1n) is 20.5. The Balaban J connectivity index is 1.03. The normalized spacial score (nSPS) is 29.6. The Hall–Kier alpha value is -3.78. The highest BCUT2D eigenvalue weighted by Crippen LogP contribution is 2.59. The first-order chi connectivity index (χ1) is 28.1. The van der Waals surface area contributed by atoms with Gasteiger partial charge < -0.3 is 64.6 Å². The number of esters is 2. The van der Waals surface area contributed by atoms with Gasteiger partial charge in [0, 0.05) is 43.2 Å². The van der Waals surface area contributed by atoms with Crippen LogP contribution >= 0.6 is 0 Å². The molecule has 326 valence electrons. The first-order valence-corrected chi connectivity index (χ1v) is 20.5. The van der Waals surface area contributed by atoms with Crippen molar-refractivity contribution in [2.24, 2.45) is 11.8 Å². The maximum absolute atomic E-state index is 13.6. The van der Waals surface area contributed by atoms with Crippen molar-refractivity contribution in [2.45, 2.75) is 139 Å². The molecule has 2 saturated carbocycles. The molecule has 5 aliphatic rings. The van der Waals surface area contributed by atoms with Crippen LogP contribution in [0.25, 0.3) is 6.08 Å². The van der Waals surface area contributed by atoms with Crippen LogP contribution in [0, 0.1) is 11.8 Å². The van der Waals surface area contributed by atoms with Gasteiger partial charge in [-0.2, -0.15) is 0 Å². The fraction of sp³-hybridized carbons (Fsp3) is 0.667. The van der Waals surface area contributed by atoms with Crippen molar-refractivity contribution < 1.29 is 73.1 Å². The predicted molar refractivity (Wildman–Crippen MR) is 207 cm³/mol. The third kappa shape index (κ3) is 11.5. The van der Waals surface area contributed by atoms with E-state index in [0.717, 1.165) is 25.7 Å². The maximum atomic E-state index is 13.6. The van der Waals surface area contributed by atoms with Gasteiger partial charge in [-0.1, -0.05) is 24.3 Å². The van der Waals surface area contributed by atoms with Crippen LogP contribution in [-0.2, 0) is 42.8 Å². The fourth-order valence-corrected chi connectivity index (χ4v) is 7.64. The highest BCUT2D eigenvalue weighted by Gasteiger charge is 2.64. The Labute approximate surface area is 343 Å². The summed E-state index contributed by atoms with van der Waals surface area (Å²) in [5.41, 5.74) is 0.679. The number of aliphatic hydroxyl groups excluding tert-OH is 5. The molecular weight excluding hydrogens is 772 g/mol. The van der Waals surface area contributed by atoms with Gasteiger partial charge in [0.1, 0.15) is 48.3 Å². The maximum Gasteiger partial charge on any atom is 0.338 e. The summed E-state index contributed by atoms with van der Waals surface area (Å²) in [4.78, 5) is 51.8. The largest absolute Gasteiger partial charge is 0.460 e. The van der Waals surface area contributed by atoms with Gasteiger partial charge in [0.25, 0.3) is 0 Å². The van der Waals surface area contributed by atoms with E-state index in [0.29, 0.717) is 11.1 Å². The van der Waals surface area contributed by atoms with Crippen LogP contribution in [0.2, 0.25) is 0 Å². The molecule has 0 bridgehead atoms. The van der Waals surface area contributed by atoms with Crippen LogP contribution in [0.3, 0.4) is 0 Å². The second-order valence-corrected chi connectivity index (χ2v) is 16.9. The van der Waals surface area contributed by atoms with E-state index in [4.69, 9.17) is 28.4 Å². The van der Waals surface area contributed by atoms with Crippen molar-refractivity contribution in [1.82, 2.24) is 10.6 Å². The van der Waals surface area contributed by atoms with Crippen molar-refractivity contribution in [3.05, 3.63) is 53.1 Å². The van der Waals surface area contributed by atoms with Gasteiger partial charge in [-0.15, -0.1) is 0 Å². The van der Waals surface area contributed by atoms with Crippen molar-refractivity contribution in [3.63, 3.8) is 0 Å². The Morgan fingerprint density at radius 2 is 1.64 bits per heavy atom. The summed E-state index contributed by atoms with van der Waals surface area (Å²) in [6.45, 7) is 4.31. The lowest BCUT2D eigenvalue weighted by molar-refractivity contribution is -0.298. The van der Waals surface area contributed by atoms with Gasteiger partial charge in [0.2, 0.25) is 11.8 Å². The third-order valence-corrected chi connectivity index (χ3v) is 11.0. The second kappa shape index (κ2) is 19.3. The summed E-state index contributed by atoms with van der Waals surface area (Å²) in [5.74, 6) is -2.21. The van der Waals surface area contributed by atoms with E-state index in [1.807, 2.05) is 0 Å². The topological polar surface area (TPSA) is 249 Å². The highest BCUT2D eigenvalue weighted by molar-refractivity contribution is 5.94. The SMILES string of the molecule is CC(C)(C)OC(=O)CC[C@@H](CO)NC(=O)CCNC(=O)C1=C[C@H]2OC(C3CC3)(C3CC3)O[C@H]2[C@H](OC(=O)c2ccc(C=CCO[C@H]3O[C@H](CO)[C@H](O)[C@H](O)[C@H]3O)cc2)C1. The lowest BCUT2D eigenvalue weighted by Crippen LogP contribution is -2.59. The molecule has 17 heteroatoms. The number of carbonyl (C=O) groups is 4. The van der Waals surface area contributed by atoms with Gasteiger partial charge in [-0.25, -0.2) is 4.79 Å². The molecule has 4 fully saturated rings. The molecule has 7 N–H and O–H groups in total. The predicted octanol–water partition coefficient (Wildman–Crippen LogP) is 0.777. The fourth-order valence-electron chi connectivity index (χ4n) is 7.64. The van der Waals surface area contributed by atoms with Crippen LogP contribution in [-0.4, -0.2) is 142 Å². The lowest BCUT2D eigenvalue weighted by atomic mass is 9.91. The van der Waals surface area contributed by atoms with Crippen molar-refractivity contribution in [2.75, 3.05) is 26.4 Å². The number of fused-ring (bicyclic) bond motifs is 1. The number of rotatable bonds is 18. The van der Waals surface area contributed by atoms with Crippen molar-refractivity contribution in [3.8, 4) is 0 Å². The average Bonchev–Trinajstić information content (AvgIpc) is 4.15. The molecule has 0 radical (unpaired) electrons. The van der Waals surface area contributed by atoms with E-state index < -0.39 is 96.8 Å². The zero-order valence-corrected chi connectivity index (χ0v) is 33.7. The number of amides is 2. The molecular formula is C42H58N2O15. The number of carbonyl (C=O) groups excluding carboxylic acids is 4. The molecule has 17 nitrogen and oxygen atoms in total. The third-order valence-electron chi connectivity index (χ3n) is 11.0. The molecule has 9 atom stereocenters. The molecule has 0 spiro atoms. The summed E-state index contributed by atoms with van der Waals surface area (Å²) in [5, 5.41) is 54.6. The number of hydrogen-bond donors (Lipinski definition) is 7. The van der Waals surface area contributed by atoms with E-state index in [1.165, 1.54) is 0 Å². The number of hydrogen-bond acceptors (Lipinski definition) is 15. The zero-order chi connectivity index (χ0) is 42.5. The van der Waals surface area contributed by atoms with Gasteiger partial charge >= 0.3 is 11.9 Å². The highest BCUT2D eigenvalue weighted by atomic mass is 16.8. The lowest BCUT2D eigenvalue weighted by Gasteiger charge is -2.39. The van der Waals surface area contributed by atoms with E-state index in [-0.39, 0.29) is 62.8 Å². The van der Waals surface area contributed by atoms with Gasteiger partial charge in [0.05, 0.1) is 31.4 Å². The average molecular weight is 831 g/mol. The van der Waals surface area contributed by atoms with Gasteiger partial charge in [-0.3, -0.25) is 14.4 Å². The molecule has 2 amide bonds. The summed E-state index contributed by atoms with van der Waals surface area (Å²) in [6.07, 6.45) is 0.192. The second-order valence-electron chi connectivity index (χ2n) is 16.9. The molecule has 2 heterocycles. The quantitative estimate of drug-likeness (QED) is 0.101. The van der Waals surface area contributed by atoms with E-state index in [9.17, 15) is 44.7 Å². The Kier molecular flexibility index (Phi) is 14.6. The summed E-state index contributed by atoms with van der Waals surface area (Å²) >= 11 is 0. The molecule has 6 rings (SSSR count). The minimum absolute atomic E-state index is 0.00309.